The Bertz CT molecular complexity index is 594. The van der Waals surface area contributed by atoms with Crippen LogP contribution in [0.4, 0.5) is 5.69 Å². The van der Waals surface area contributed by atoms with Crippen molar-refractivity contribution in [3.8, 4) is 11.1 Å². The lowest BCUT2D eigenvalue weighted by Gasteiger charge is -2.08. The fourth-order valence-corrected chi connectivity index (χ4v) is 2.01. The molecular formula is C14H14N2O2. The zero-order chi connectivity index (χ0) is 13.1. The van der Waals surface area contributed by atoms with Crippen molar-refractivity contribution in [2.75, 3.05) is 0 Å². The zero-order valence-corrected chi connectivity index (χ0v) is 10.4. The fourth-order valence-electron chi connectivity index (χ4n) is 2.01. The highest BCUT2D eigenvalue weighted by Crippen LogP contribution is 2.31. The van der Waals surface area contributed by atoms with Crippen molar-refractivity contribution in [2.45, 2.75) is 20.3 Å². The molecule has 18 heavy (non-hydrogen) atoms. The first-order chi connectivity index (χ1) is 8.63. The van der Waals surface area contributed by atoms with Crippen LogP contribution in [0.2, 0.25) is 0 Å². The maximum Gasteiger partial charge on any atom is 0.277 e. The minimum absolute atomic E-state index is 0.123. The number of hydrogen-bond acceptors (Lipinski definition) is 3. The predicted molar refractivity (Wildman–Crippen MR) is 70.4 cm³/mol. The summed E-state index contributed by atoms with van der Waals surface area (Å²) in [6.45, 7) is 3.95. The number of hydrogen-bond donors (Lipinski definition) is 0. The van der Waals surface area contributed by atoms with E-state index >= 15 is 0 Å². The Morgan fingerprint density at radius 1 is 1.28 bits per heavy atom. The van der Waals surface area contributed by atoms with E-state index in [0.717, 1.165) is 23.2 Å². The maximum absolute atomic E-state index is 11.0. The van der Waals surface area contributed by atoms with E-state index in [0.29, 0.717) is 5.56 Å². The molecular weight excluding hydrogens is 228 g/mol. The van der Waals surface area contributed by atoms with Gasteiger partial charge in [-0.05, 0) is 31.0 Å². The Morgan fingerprint density at radius 2 is 2.00 bits per heavy atom. The van der Waals surface area contributed by atoms with Crippen LogP contribution in [0.25, 0.3) is 11.1 Å². The minimum atomic E-state index is -0.353. The van der Waals surface area contributed by atoms with E-state index in [4.69, 9.17) is 0 Å². The summed E-state index contributed by atoms with van der Waals surface area (Å²) in [5, 5.41) is 11.0. The molecule has 0 atom stereocenters. The first-order valence-electron chi connectivity index (χ1n) is 5.82. The molecule has 0 amide bonds. The molecule has 0 saturated heterocycles. The third-order valence-electron chi connectivity index (χ3n) is 2.90. The average Bonchev–Trinajstić information content (AvgIpc) is 2.38. The second kappa shape index (κ2) is 4.96. The van der Waals surface area contributed by atoms with Gasteiger partial charge in [0.2, 0.25) is 0 Å². The molecule has 4 heteroatoms. The van der Waals surface area contributed by atoms with Crippen LogP contribution in [-0.4, -0.2) is 9.91 Å². The van der Waals surface area contributed by atoms with Crippen LogP contribution >= 0.6 is 0 Å². The molecule has 0 fully saturated rings. The van der Waals surface area contributed by atoms with Gasteiger partial charge < -0.3 is 0 Å². The van der Waals surface area contributed by atoms with E-state index < -0.39 is 0 Å². The summed E-state index contributed by atoms with van der Waals surface area (Å²) in [4.78, 5) is 14.9. The van der Waals surface area contributed by atoms with Crippen molar-refractivity contribution in [1.29, 1.82) is 0 Å². The molecule has 1 aromatic carbocycles. The number of nitrogens with zero attached hydrogens (tertiary/aromatic N) is 2. The summed E-state index contributed by atoms with van der Waals surface area (Å²) < 4.78 is 0. The van der Waals surface area contributed by atoms with Crippen LogP contribution in [-0.2, 0) is 6.42 Å². The van der Waals surface area contributed by atoms with Gasteiger partial charge in [0.25, 0.3) is 5.69 Å². The number of rotatable bonds is 3. The van der Waals surface area contributed by atoms with Crippen molar-refractivity contribution in [3.05, 3.63) is 57.9 Å². The number of nitro benzene ring substituents is 1. The molecule has 2 rings (SSSR count). The molecule has 92 valence electrons. The van der Waals surface area contributed by atoms with Gasteiger partial charge in [0.15, 0.2) is 0 Å². The van der Waals surface area contributed by atoms with Gasteiger partial charge >= 0.3 is 0 Å². The normalized spacial score (nSPS) is 10.3. The van der Waals surface area contributed by atoms with Crippen molar-refractivity contribution in [2.24, 2.45) is 0 Å². The minimum Gasteiger partial charge on any atom is -0.261 e. The molecule has 2 aromatic rings. The van der Waals surface area contributed by atoms with Crippen LogP contribution in [0, 0.1) is 17.0 Å². The molecule has 0 unspecified atom stereocenters. The number of pyridine rings is 1. The van der Waals surface area contributed by atoms with Crippen LogP contribution < -0.4 is 0 Å². The second-order valence-electron chi connectivity index (χ2n) is 4.11. The third kappa shape index (κ3) is 2.22. The topological polar surface area (TPSA) is 56.0 Å². The van der Waals surface area contributed by atoms with Crippen molar-refractivity contribution < 1.29 is 4.92 Å². The quantitative estimate of drug-likeness (QED) is 0.611. The first-order valence-corrected chi connectivity index (χ1v) is 5.82. The van der Waals surface area contributed by atoms with Gasteiger partial charge in [-0.1, -0.05) is 19.1 Å². The van der Waals surface area contributed by atoms with Gasteiger partial charge in [-0.15, -0.1) is 0 Å². The van der Waals surface area contributed by atoms with Gasteiger partial charge in [0, 0.05) is 23.5 Å². The molecule has 0 aliphatic heterocycles. The van der Waals surface area contributed by atoms with E-state index in [1.807, 2.05) is 26.0 Å². The third-order valence-corrected chi connectivity index (χ3v) is 2.90. The number of benzene rings is 1. The number of aromatic nitrogens is 1. The van der Waals surface area contributed by atoms with Crippen LogP contribution in [0.3, 0.4) is 0 Å². The Labute approximate surface area is 105 Å². The summed E-state index contributed by atoms with van der Waals surface area (Å²) in [6.07, 6.45) is 2.54. The highest BCUT2D eigenvalue weighted by atomic mass is 16.6. The molecule has 4 nitrogen and oxygen atoms in total. The first kappa shape index (κ1) is 12.2. The van der Waals surface area contributed by atoms with Gasteiger partial charge in [0.1, 0.15) is 0 Å². The molecule has 0 N–H and O–H groups in total. The SMILES string of the molecule is CCc1cc(C)ncc1-c1ccccc1[N+](=O)[O-]. The maximum atomic E-state index is 11.0. The Kier molecular flexibility index (Phi) is 3.37. The Morgan fingerprint density at radius 3 is 2.67 bits per heavy atom. The smallest absolute Gasteiger partial charge is 0.261 e. The Balaban J connectivity index is 2.65. The summed E-state index contributed by atoms with van der Waals surface area (Å²) >= 11 is 0. The largest absolute Gasteiger partial charge is 0.277 e. The average molecular weight is 242 g/mol. The summed E-state index contributed by atoms with van der Waals surface area (Å²) in [5.41, 5.74) is 3.60. The van der Waals surface area contributed by atoms with E-state index in [1.165, 1.54) is 6.07 Å². The summed E-state index contributed by atoms with van der Waals surface area (Å²) in [6, 6.07) is 8.75. The molecule has 0 radical (unpaired) electrons. The van der Waals surface area contributed by atoms with Crippen LogP contribution in [0.5, 0.6) is 0 Å². The predicted octanol–water partition coefficient (Wildman–Crippen LogP) is 3.53. The van der Waals surface area contributed by atoms with Crippen molar-refractivity contribution in [3.63, 3.8) is 0 Å². The molecule has 1 aromatic heterocycles. The highest BCUT2D eigenvalue weighted by Gasteiger charge is 2.16. The summed E-state index contributed by atoms with van der Waals surface area (Å²) in [5.74, 6) is 0. The van der Waals surface area contributed by atoms with Crippen LogP contribution in [0.15, 0.2) is 36.5 Å². The second-order valence-corrected chi connectivity index (χ2v) is 4.11. The lowest BCUT2D eigenvalue weighted by Crippen LogP contribution is -1.96. The van der Waals surface area contributed by atoms with Gasteiger partial charge in [0.05, 0.1) is 10.5 Å². The number of nitro groups is 1. The number of aryl methyl sites for hydroxylation is 2. The van der Waals surface area contributed by atoms with Gasteiger partial charge in [-0.3, -0.25) is 15.1 Å². The monoisotopic (exact) mass is 242 g/mol. The molecule has 0 aliphatic carbocycles. The number of para-hydroxylation sites is 1. The summed E-state index contributed by atoms with van der Waals surface area (Å²) in [7, 11) is 0. The van der Waals surface area contributed by atoms with Crippen LogP contribution in [0.1, 0.15) is 18.2 Å². The zero-order valence-electron chi connectivity index (χ0n) is 10.4. The van der Waals surface area contributed by atoms with E-state index in [-0.39, 0.29) is 10.6 Å². The van der Waals surface area contributed by atoms with Crippen molar-refractivity contribution >= 4 is 5.69 Å². The lowest BCUT2D eigenvalue weighted by molar-refractivity contribution is -0.384. The van der Waals surface area contributed by atoms with E-state index in [9.17, 15) is 10.1 Å². The fraction of sp³-hybridized carbons (Fsp3) is 0.214. The van der Waals surface area contributed by atoms with Crippen molar-refractivity contribution in [1.82, 2.24) is 4.98 Å². The van der Waals surface area contributed by atoms with E-state index in [2.05, 4.69) is 4.98 Å². The molecule has 0 saturated carbocycles. The lowest BCUT2D eigenvalue weighted by atomic mass is 9.98. The molecule has 0 bridgehead atoms. The standard InChI is InChI=1S/C14H14N2O2/c1-3-11-8-10(2)15-9-13(11)12-6-4-5-7-14(12)16(17)18/h4-9H,3H2,1-2H3. The molecule has 0 spiro atoms. The van der Waals surface area contributed by atoms with Gasteiger partial charge in [-0.2, -0.15) is 0 Å². The highest BCUT2D eigenvalue weighted by molar-refractivity contribution is 5.75. The van der Waals surface area contributed by atoms with E-state index in [1.54, 1.807) is 18.3 Å². The Hall–Kier alpha value is -2.23. The molecule has 0 aliphatic rings. The van der Waals surface area contributed by atoms with Gasteiger partial charge in [-0.25, -0.2) is 0 Å². The molecule has 1 heterocycles.